The second-order valence-corrected chi connectivity index (χ2v) is 17.4. The van der Waals surface area contributed by atoms with E-state index in [0.29, 0.717) is 19.3 Å². The molecule has 3 N–H and O–H groups in total. The first-order valence-corrected chi connectivity index (χ1v) is 26.1. The predicted octanol–water partition coefficient (Wildman–Crippen LogP) is 6.46. The van der Waals surface area contributed by atoms with Gasteiger partial charge in [-0.2, -0.15) is 25.3 Å². The zero-order chi connectivity index (χ0) is 43.1. The van der Waals surface area contributed by atoms with Crippen LogP contribution in [0.1, 0.15) is 230 Å². The van der Waals surface area contributed by atoms with E-state index in [1.807, 2.05) is 13.8 Å². The van der Waals surface area contributed by atoms with Gasteiger partial charge < -0.3 is 7.59 Å². The summed E-state index contributed by atoms with van der Waals surface area (Å²) in [6, 6.07) is 0. The number of hydrogen-bond acceptors (Lipinski definition) is 10. The molecular weight excluding hydrogens is 831 g/mol. The van der Waals surface area contributed by atoms with E-state index in [1.165, 1.54) is 135 Å². The summed E-state index contributed by atoms with van der Waals surface area (Å²) in [5, 5.41) is 0. The Kier molecular flexibility index (Phi) is 69.5. The summed E-state index contributed by atoms with van der Waals surface area (Å²) in [6.45, 7) is 12.6. The molecule has 0 saturated heterocycles. The van der Waals surface area contributed by atoms with E-state index >= 15 is 0 Å². The van der Waals surface area contributed by atoms with Gasteiger partial charge in [0.1, 0.15) is 0 Å². The Bertz CT molecular complexity index is 950. The molecule has 0 aromatic rings. The SMILES string of the molecule is CCCCCCCCCCCCOS(=O)(=O)O.CCCCCCCCCCCCOS(=O)(=O)O.CCCCCCCCCCCCOS(=O)(=O)O.CCOCC.[H-].[H-].[Na+].[Na+]. The van der Waals surface area contributed by atoms with Crippen LogP contribution in [0.2, 0.25) is 0 Å². The molecule has 0 unspecified atom stereocenters. The van der Waals surface area contributed by atoms with Crippen molar-refractivity contribution in [1.82, 2.24) is 0 Å². The summed E-state index contributed by atoms with van der Waals surface area (Å²) in [5.74, 6) is 0. The Morgan fingerprint density at radius 2 is 0.466 bits per heavy atom. The molecular formula is C40H90Na2O13S3. The fourth-order valence-electron chi connectivity index (χ4n) is 5.47. The monoisotopic (exact) mass is 921 g/mol. The maximum absolute atomic E-state index is 10.2. The number of rotatable bonds is 38. The minimum atomic E-state index is -4.23. The molecule has 0 spiro atoms. The van der Waals surface area contributed by atoms with Crippen LogP contribution in [0.15, 0.2) is 0 Å². The van der Waals surface area contributed by atoms with E-state index in [2.05, 4.69) is 33.3 Å². The molecule has 0 radical (unpaired) electrons. The summed E-state index contributed by atoms with van der Waals surface area (Å²) in [4.78, 5) is 0. The smallest absolute Gasteiger partial charge is 1.00 e. The maximum atomic E-state index is 10.2. The Morgan fingerprint density at radius 3 is 0.586 bits per heavy atom. The maximum Gasteiger partial charge on any atom is 1.00 e. The quantitative estimate of drug-likeness (QED) is 0.0347. The van der Waals surface area contributed by atoms with Gasteiger partial charge in [0.05, 0.1) is 19.8 Å². The van der Waals surface area contributed by atoms with Gasteiger partial charge in [0.25, 0.3) is 0 Å². The van der Waals surface area contributed by atoms with Gasteiger partial charge in [0, 0.05) is 13.2 Å². The average Bonchev–Trinajstić information content (AvgIpc) is 3.12. The normalized spacial score (nSPS) is 11.2. The molecule has 0 aliphatic carbocycles. The van der Waals surface area contributed by atoms with Crippen LogP contribution in [-0.2, 0) is 48.5 Å². The average molecular weight is 921 g/mol. The molecule has 0 atom stereocenters. The Balaban J connectivity index is -0.000000103. The number of unbranched alkanes of at least 4 members (excludes halogenated alkanes) is 27. The van der Waals surface area contributed by atoms with Crippen molar-refractivity contribution in [2.24, 2.45) is 0 Å². The standard InChI is InChI=1S/3C12H26O4S.C4H10O.2Na.2H/c3*1-2-3-4-5-6-7-8-9-10-11-12-16-17(13,14)15;1-3-5-4-2;;;;/h3*2-12H2,1H3,(H,13,14,15);3-4H2,1-2H3;;;;/q;;;;2*+1;2*-1. The first kappa shape index (κ1) is 71.2. The van der Waals surface area contributed by atoms with E-state index in [-0.39, 0.29) is 81.8 Å². The van der Waals surface area contributed by atoms with Gasteiger partial charge in [-0.25, -0.2) is 12.5 Å². The van der Waals surface area contributed by atoms with Gasteiger partial charge in [0.15, 0.2) is 0 Å². The van der Waals surface area contributed by atoms with Crippen LogP contribution >= 0.6 is 0 Å². The molecule has 0 saturated carbocycles. The molecule has 0 bridgehead atoms. The zero-order valence-electron chi connectivity index (χ0n) is 40.4. The van der Waals surface area contributed by atoms with E-state index < -0.39 is 31.2 Å². The van der Waals surface area contributed by atoms with Crippen LogP contribution in [-0.4, -0.2) is 71.9 Å². The second kappa shape index (κ2) is 56.6. The van der Waals surface area contributed by atoms with E-state index in [0.717, 1.165) is 51.7 Å². The van der Waals surface area contributed by atoms with Crippen LogP contribution in [0.25, 0.3) is 0 Å². The third-order valence-corrected chi connectivity index (χ3v) is 9.99. The topological polar surface area (TPSA) is 200 Å². The molecule has 348 valence electrons. The first-order valence-electron chi connectivity index (χ1n) is 22.0. The van der Waals surface area contributed by atoms with Gasteiger partial charge in [-0.1, -0.05) is 194 Å². The Morgan fingerprint density at radius 1 is 0.310 bits per heavy atom. The summed E-state index contributed by atoms with van der Waals surface area (Å²) in [5.41, 5.74) is 0. The molecule has 0 amide bonds. The van der Waals surface area contributed by atoms with Crippen molar-refractivity contribution in [3.8, 4) is 0 Å². The number of ether oxygens (including phenoxy) is 1. The molecule has 13 nitrogen and oxygen atoms in total. The summed E-state index contributed by atoms with van der Waals surface area (Å²) in [6.07, 6.45) is 35.6. The van der Waals surface area contributed by atoms with Crippen molar-refractivity contribution in [1.29, 1.82) is 0 Å². The molecule has 58 heavy (non-hydrogen) atoms. The first-order chi connectivity index (χ1) is 26.6. The van der Waals surface area contributed by atoms with Gasteiger partial charge in [-0.15, -0.1) is 0 Å². The predicted molar refractivity (Wildman–Crippen MR) is 232 cm³/mol. The summed E-state index contributed by atoms with van der Waals surface area (Å²) in [7, 11) is -12.7. The molecule has 0 aromatic carbocycles. The largest absolute Gasteiger partial charge is 1.00 e. The fourth-order valence-corrected chi connectivity index (χ4v) is 6.45. The van der Waals surface area contributed by atoms with Crippen molar-refractivity contribution in [2.75, 3.05) is 33.0 Å². The number of hydrogen-bond donors (Lipinski definition) is 3. The van der Waals surface area contributed by atoms with E-state index in [9.17, 15) is 25.3 Å². The van der Waals surface area contributed by atoms with E-state index in [1.54, 1.807) is 0 Å². The van der Waals surface area contributed by atoms with Gasteiger partial charge in [0.2, 0.25) is 0 Å². The van der Waals surface area contributed by atoms with Gasteiger partial charge in [-0.05, 0) is 33.1 Å². The Labute approximate surface area is 406 Å². The van der Waals surface area contributed by atoms with Crippen molar-refractivity contribution in [3.05, 3.63) is 0 Å². The molecule has 0 aromatic heterocycles. The van der Waals surface area contributed by atoms with Crippen molar-refractivity contribution in [3.63, 3.8) is 0 Å². The third kappa shape index (κ3) is 88.7. The third-order valence-electron chi connectivity index (χ3n) is 8.60. The van der Waals surface area contributed by atoms with Gasteiger partial charge in [-0.3, -0.25) is 13.7 Å². The Hall–Kier alpha value is 1.57. The summed E-state index contributed by atoms with van der Waals surface area (Å²) >= 11 is 0. The van der Waals surface area contributed by atoms with Crippen molar-refractivity contribution in [2.45, 2.75) is 227 Å². The second-order valence-electron chi connectivity index (χ2n) is 14.1. The van der Waals surface area contributed by atoms with Gasteiger partial charge >= 0.3 is 90.3 Å². The van der Waals surface area contributed by atoms with Crippen molar-refractivity contribution >= 4 is 31.2 Å². The minimum absolute atomic E-state index is 0. The summed E-state index contributed by atoms with van der Waals surface area (Å²) < 4.78 is 104. The molecule has 0 rings (SSSR count). The van der Waals surface area contributed by atoms with E-state index in [4.69, 9.17) is 18.4 Å². The van der Waals surface area contributed by atoms with Crippen LogP contribution in [0.3, 0.4) is 0 Å². The van der Waals surface area contributed by atoms with Crippen LogP contribution in [0.4, 0.5) is 0 Å². The van der Waals surface area contributed by atoms with Crippen molar-refractivity contribution < 1.29 is 118 Å². The van der Waals surface area contributed by atoms with Crippen LogP contribution in [0.5, 0.6) is 0 Å². The van der Waals surface area contributed by atoms with Crippen LogP contribution < -0.4 is 59.1 Å². The molecule has 0 heterocycles. The minimum Gasteiger partial charge on any atom is -1.00 e. The van der Waals surface area contributed by atoms with Crippen LogP contribution in [0, 0.1) is 0 Å². The molecule has 0 aliphatic heterocycles. The molecule has 0 fully saturated rings. The zero-order valence-corrected chi connectivity index (χ0v) is 44.8. The molecule has 0 aliphatic rings. The fraction of sp³-hybridized carbons (Fsp3) is 1.00. The molecule has 18 heteroatoms.